The summed E-state index contributed by atoms with van der Waals surface area (Å²) in [5.41, 5.74) is 0.838. The molecule has 0 amide bonds. The Morgan fingerprint density at radius 3 is 2.59 bits per heavy atom. The molecular formula is C15H20N4O2S. The van der Waals surface area contributed by atoms with Crippen LogP contribution in [-0.4, -0.2) is 29.5 Å². The summed E-state index contributed by atoms with van der Waals surface area (Å²) in [5.74, 6) is 0.129. The Morgan fingerprint density at radius 1 is 1.27 bits per heavy atom. The first-order valence-corrected chi connectivity index (χ1v) is 8.60. The van der Waals surface area contributed by atoms with E-state index in [1.54, 1.807) is 23.2 Å². The average molecular weight is 320 g/mol. The van der Waals surface area contributed by atoms with Crippen molar-refractivity contribution in [1.82, 2.24) is 19.7 Å². The van der Waals surface area contributed by atoms with Gasteiger partial charge in [0.1, 0.15) is 0 Å². The van der Waals surface area contributed by atoms with Gasteiger partial charge >= 0.3 is 0 Å². The Hall–Kier alpha value is -1.99. The quantitative estimate of drug-likeness (QED) is 0.845. The zero-order chi connectivity index (χ0) is 16.0. The highest BCUT2D eigenvalue weighted by molar-refractivity contribution is 7.92. The van der Waals surface area contributed by atoms with Gasteiger partial charge in [0, 0.05) is 17.6 Å². The zero-order valence-corrected chi connectivity index (χ0v) is 13.4. The molecular weight excluding hydrogens is 300 g/mol. The van der Waals surface area contributed by atoms with Gasteiger partial charge in [-0.25, -0.2) is 13.1 Å². The highest BCUT2D eigenvalue weighted by atomic mass is 32.2. The van der Waals surface area contributed by atoms with Crippen LogP contribution in [0, 0.1) is 5.92 Å². The standard InChI is InChI=1S/C15H20N4O2S/c1-13(2)15(12-19-10-9-16-18-19)17-22(20,21)11-8-14-6-4-3-5-7-14/h3-11,13,15,17H,12H2,1-2H3/b11-8+/t15-/m1/s1. The molecule has 1 atom stereocenters. The monoisotopic (exact) mass is 320 g/mol. The molecule has 2 rings (SSSR count). The van der Waals surface area contributed by atoms with Crippen molar-refractivity contribution in [3.8, 4) is 0 Å². The van der Waals surface area contributed by atoms with Crippen LogP contribution in [0.4, 0.5) is 0 Å². The van der Waals surface area contributed by atoms with Gasteiger partial charge in [-0.05, 0) is 17.6 Å². The van der Waals surface area contributed by atoms with E-state index in [4.69, 9.17) is 0 Å². The minimum atomic E-state index is -3.52. The minimum Gasteiger partial charge on any atom is -0.251 e. The Kier molecular flexibility index (Phi) is 5.46. The number of rotatable bonds is 7. The molecule has 1 aromatic heterocycles. The molecule has 1 N–H and O–H groups in total. The summed E-state index contributed by atoms with van der Waals surface area (Å²) in [6.45, 7) is 4.37. The molecule has 0 saturated heterocycles. The first kappa shape index (κ1) is 16.4. The lowest BCUT2D eigenvalue weighted by Crippen LogP contribution is -2.40. The zero-order valence-electron chi connectivity index (χ0n) is 12.6. The molecule has 0 aliphatic rings. The predicted molar refractivity (Wildman–Crippen MR) is 86.2 cm³/mol. The van der Waals surface area contributed by atoms with Crippen LogP contribution in [-0.2, 0) is 16.6 Å². The fourth-order valence-electron chi connectivity index (χ4n) is 1.90. The van der Waals surface area contributed by atoms with Crippen molar-refractivity contribution in [2.24, 2.45) is 5.92 Å². The first-order chi connectivity index (χ1) is 10.5. The van der Waals surface area contributed by atoms with Crippen LogP contribution in [0.25, 0.3) is 6.08 Å². The molecule has 7 heteroatoms. The number of nitrogens with one attached hydrogen (secondary N) is 1. The summed E-state index contributed by atoms with van der Waals surface area (Å²) in [4.78, 5) is 0. The number of nitrogens with zero attached hydrogens (tertiary/aromatic N) is 3. The topological polar surface area (TPSA) is 76.9 Å². The molecule has 0 aliphatic heterocycles. The molecule has 0 radical (unpaired) electrons. The van der Waals surface area contributed by atoms with Gasteiger partial charge in [-0.1, -0.05) is 49.4 Å². The molecule has 22 heavy (non-hydrogen) atoms. The molecule has 0 spiro atoms. The fourth-order valence-corrected chi connectivity index (χ4v) is 3.08. The van der Waals surface area contributed by atoms with Crippen molar-refractivity contribution < 1.29 is 8.42 Å². The van der Waals surface area contributed by atoms with Crippen molar-refractivity contribution >= 4 is 16.1 Å². The SMILES string of the molecule is CC(C)[C@@H](Cn1ccnn1)NS(=O)(=O)/C=C/c1ccccc1. The number of sulfonamides is 1. The van der Waals surface area contributed by atoms with E-state index in [0.717, 1.165) is 5.56 Å². The molecule has 1 aromatic carbocycles. The van der Waals surface area contributed by atoms with E-state index in [0.29, 0.717) is 6.54 Å². The Balaban J connectivity index is 2.06. The molecule has 118 valence electrons. The van der Waals surface area contributed by atoms with Gasteiger partial charge in [-0.2, -0.15) is 0 Å². The summed E-state index contributed by atoms with van der Waals surface area (Å²) >= 11 is 0. The fraction of sp³-hybridized carbons (Fsp3) is 0.333. The maximum atomic E-state index is 12.2. The molecule has 6 nitrogen and oxygen atoms in total. The highest BCUT2D eigenvalue weighted by Gasteiger charge is 2.19. The van der Waals surface area contributed by atoms with Gasteiger partial charge < -0.3 is 0 Å². The van der Waals surface area contributed by atoms with E-state index < -0.39 is 10.0 Å². The predicted octanol–water partition coefficient (Wildman–Crippen LogP) is 1.89. The van der Waals surface area contributed by atoms with Crippen LogP contribution in [0.2, 0.25) is 0 Å². The summed E-state index contributed by atoms with van der Waals surface area (Å²) in [5, 5.41) is 8.80. The Bertz CT molecular complexity index is 694. The molecule has 0 fully saturated rings. The summed E-state index contributed by atoms with van der Waals surface area (Å²) in [6, 6.07) is 9.05. The van der Waals surface area contributed by atoms with Crippen LogP contribution in [0.15, 0.2) is 48.1 Å². The number of aromatic nitrogens is 3. The van der Waals surface area contributed by atoms with Gasteiger partial charge in [0.2, 0.25) is 10.0 Å². The molecule has 0 aliphatic carbocycles. The van der Waals surface area contributed by atoms with Gasteiger partial charge in [-0.15, -0.1) is 5.10 Å². The van der Waals surface area contributed by atoms with Crippen LogP contribution >= 0.6 is 0 Å². The number of hydrogen-bond donors (Lipinski definition) is 1. The summed E-state index contributed by atoms with van der Waals surface area (Å²) in [7, 11) is -3.52. The molecule has 2 aromatic rings. The third-order valence-corrected chi connectivity index (χ3v) is 4.34. The number of benzene rings is 1. The summed E-state index contributed by atoms with van der Waals surface area (Å²) < 4.78 is 28.7. The molecule has 0 saturated carbocycles. The third-order valence-electron chi connectivity index (χ3n) is 3.22. The van der Waals surface area contributed by atoms with E-state index in [1.807, 2.05) is 44.2 Å². The molecule has 0 bridgehead atoms. The lowest BCUT2D eigenvalue weighted by Gasteiger charge is -2.21. The van der Waals surface area contributed by atoms with E-state index in [1.165, 1.54) is 5.41 Å². The van der Waals surface area contributed by atoms with Gasteiger partial charge in [-0.3, -0.25) is 4.68 Å². The van der Waals surface area contributed by atoms with Crippen LogP contribution in [0.5, 0.6) is 0 Å². The van der Waals surface area contributed by atoms with Crippen molar-refractivity contribution in [3.63, 3.8) is 0 Å². The maximum Gasteiger partial charge on any atom is 0.234 e. The van der Waals surface area contributed by atoms with Crippen molar-refractivity contribution in [2.75, 3.05) is 0 Å². The third kappa shape index (κ3) is 5.09. The lowest BCUT2D eigenvalue weighted by atomic mass is 10.1. The van der Waals surface area contributed by atoms with Crippen LogP contribution in [0.1, 0.15) is 19.4 Å². The second-order valence-corrected chi connectivity index (χ2v) is 6.95. The van der Waals surface area contributed by atoms with Crippen LogP contribution < -0.4 is 4.72 Å². The summed E-state index contributed by atoms with van der Waals surface area (Å²) in [6.07, 6.45) is 4.86. The van der Waals surface area contributed by atoms with Crippen LogP contribution in [0.3, 0.4) is 0 Å². The lowest BCUT2D eigenvalue weighted by molar-refractivity contribution is 0.380. The van der Waals surface area contributed by atoms with Crippen molar-refractivity contribution in [1.29, 1.82) is 0 Å². The van der Waals surface area contributed by atoms with Gasteiger partial charge in [0.15, 0.2) is 0 Å². The van der Waals surface area contributed by atoms with E-state index in [-0.39, 0.29) is 12.0 Å². The van der Waals surface area contributed by atoms with Gasteiger partial charge in [0.25, 0.3) is 0 Å². The van der Waals surface area contributed by atoms with E-state index in [2.05, 4.69) is 15.0 Å². The average Bonchev–Trinajstić information content (AvgIpc) is 2.98. The Morgan fingerprint density at radius 2 is 2.00 bits per heavy atom. The highest BCUT2D eigenvalue weighted by Crippen LogP contribution is 2.08. The molecule has 1 heterocycles. The van der Waals surface area contributed by atoms with Crippen molar-refractivity contribution in [2.45, 2.75) is 26.4 Å². The largest absolute Gasteiger partial charge is 0.251 e. The molecule has 0 unspecified atom stereocenters. The normalized spacial score (nSPS) is 13.8. The second-order valence-electron chi connectivity index (χ2n) is 5.35. The minimum absolute atomic E-state index is 0.129. The first-order valence-electron chi connectivity index (χ1n) is 7.06. The second kappa shape index (κ2) is 7.33. The number of hydrogen-bond acceptors (Lipinski definition) is 4. The van der Waals surface area contributed by atoms with Crippen molar-refractivity contribution in [3.05, 3.63) is 53.7 Å². The smallest absolute Gasteiger partial charge is 0.234 e. The maximum absolute atomic E-state index is 12.2. The van der Waals surface area contributed by atoms with Gasteiger partial charge in [0.05, 0.1) is 12.7 Å². The Labute approximate surface area is 130 Å². The van der Waals surface area contributed by atoms with E-state index >= 15 is 0 Å². The van der Waals surface area contributed by atoms with E-state index in [9.17, 15) is 8.42 Å².